The number of hydrogen-bond donors (Lipinski definition) is 2. The number of carbonyl (C=O) groups excluding carboxylic acids is 1. The van der Waals surface area contributed by atoms with Crippen molar-refractivity contribution < 1.29 is 9.53 Å². The van der Waals surface area contributed by atoms with Gasteiger partial charge in [-0.15, -0.1) is 0 Å². The van der Waals surface area contributed by atoms with Crippen LogP contribution in [0.1, 0.15) is 35.3 Å². The molecule has 0 fully saturated rings. The molecular weight excluding hydrogens is 370 g/mol. The maximum absolute atomic E-state index is 12.3. The Bertz CT molecular complexity index is 986. The maximum Gasteiger partial charge on any atom is 0.257 e. The van der Waals surface area contributed by atoms with Crippen molar-refractivity contribution in [2.75, 3.05) is 18.5 Å². The van der Waals surface area contributed by atoms with Crippen LogP contribution in [0.4, 0.5) is 5.13 Å². The molecule has 3 aromatic rings. The molecule has 1 amide bonds. The molecule has 0 bridgehead atoms. The molecule has 0 aliphatic carbocycles. The molecule has 1 aliphatic heterocycles. The van der Waals surface area contributed by atoms with E-state index in [1.54, 1.807) is 18.3 Å². The summed E-state index contributed by atoms with van der Waals surface area (Å²) in [4.78, 5) is 17.7. The summed E-state index contributed by atoms with van der Waals surface area (Å²) in [7, 11) is 0. The smallest absolute Gasteiger partial charge is 0.257 e. The number of thiazole rings is 1. The van der Waals surface area contributed by atoms with Gasteiger partial charge in [0.25, 0.3) is 5.91 Å². The van der Waals surface area contributed by atoms with Crippen molar-refractivity contribution in [2.24, 2.45) is 0 Å². The Morgan fingerprint density at radius 3 is 2.89 bits per heavy atom. The topological polar surface area (TPSA) is 63.2 Å². The van der Waals surface area contributed by atoms with Crippen LogP contribution in [-0.4, -0.2) is 24.0 Å². The van der Waals surface area contributed by atoms with Crippen molar-refractivity contribution in [1.29, 1.82) is 0 Å². The third kappa shape index (κ3) is 3.71. The Hall–Kier alpha value is -2.54. The van der Waals surface area contributed by atoms with Crippen molar-refractivity contribution in [3.8, 4) is 10.4 Å². The van der Waals surface area contributed by atoms with Gasteiger partial charge < -0.3 is 4.74 Å². The molecule has 28 heavy (non-hydrogen) atoms. The Balaban J connectivity index is 1.58. The molecule has 1 atom stereocenters. The first kappa shape index (κ1) is 18.8. The highest BCUT2D eigenvalue weighted by Gasteiger charge is 2.32. The highest BCUT2D eigenvalue weighted by Crippen LogP contribution is 2.36. The molecule has 2 heterocycles. The predicted octanol–water partition coefficient (Wildman–Crippen LogP) is 4.42. The van der Waals surface area contributed by atoms with E-state index in [9.17, 15) is 4.79 Å². The normalized spacial score (nSPS) is 18.5. The summed E-state index contributed by atoms with van der Waals surface area (Å²) in [5.41, 5.74) is 3.69. The molecule has 1 unspecified atom stereocenters. The summed E-state index contributed by atoms with van der Waals surface area (Å²) < 4.78 is 6.01. The first-order valence-electron chi connectivity index (χ1n) is 9.44. The van der Waals surface area contributed by atoms with Crippen molar-refractivity contribution in [3.05, 3.63) is 71.4 Å². The van der Waals surface area contributed by atoms with Gasteiger partial charge in [-0.05, 0) is 49.6 Å². The Morgan fingerprint density at radius 2 is 2.11 bits per heavy atom. The summed E-state index contributed by atoms with van der Waals surface area (Å²) in [6.07, 6.45) is 2.79. The van der Waals surface area contributed by atoms with Gasteiger partial charge in [0.1, 0.15) is 5.72 Å². The summed E-state index contributed by atoms with van der Waals surface area (Å²) >= 11 is 1.47. The molecule has 0 spiro atoms. The lowest BCUT2D eigenvalue weighted by molar-refractivity contribution is -0.0608. The fraction of sp³-hybridized carbons (Fsp3) is 0.273. The van der Waals surface area contributed by atoms with Crippen LogP contribution < -0.4 is 10.6 Å². The highest BCUT2D eigenvalue weighted by molar-refractivity contribution is 7.19. The Labute approximate surface area is 168 Å². The van der Waals surface area contributed by atoms with Crippen molar-refractivity contribution in [1.82, 2.24) is 10.3 Å². The molecule has 4 rings (SSSR count). The lowest BCUT2D eigenvalue weighted by Crippen LogP contribution is -2.47. The summed E-state index contributed by atoms with van der Waals surface area (Å²) in [5.74, 6) is -0.153. The zero-order chi connectivity index (χ0) is 19.6. The van der Waals surface area contributed by atoms with Crippen LogP contribution in [0.2, 0.25) is 0 Å². The second-order valence-corrected chi connectivity index (χ2v) is 7.90. The summed E-state index contributed by atoms with van der Waals surface area (Å²) in [6, 6.07) is 15.6. The van der Waals surface area contributed by atoms with E-state index in [1.165, 1.54) is 22.5 Å². The minimum absolute atomic E-state index is 0.153. The molecule has 0 saturated heterocycles. The van der Waals surface area contributed by atoms with Crippen LogP contribution in [0.25, 0.3) is 10.4 Å². The lowest BCUT2D eigenvalue weighted by atomic mass is 9.90. The fourth-order valence-corrected chi connectivity index (χ4v) is 4.37. The van der Waals surface area contributed by atoms with E-state index in [0.29, 0.717) is 17.3 Å². The molecule has 1 aromatic heterocycles. The zero-order valence-electron chi connectivity index (χ0n) is 16.0. The van der Waals surface area contributed by atoms with Crippen LogP contribution in [0.3, 0.4) is 0 Å². The van der Waals surface area contributed by atoms with Gasteiger partial charge in [-0.1, -0.05) is 41.7 Å². The SMILES string of the molecule is CCOC1(C)NCCc2ccc(-c3cnc(NC(=O)c4ccccc4)s3)cc21. The molecule has 144 valence electrons. The van der Waals surface area contributed by atoms with Gasteiger partial charge in [0, 0.05) is 30.5 Å². The number of ether oxygens (including phenoxy) is 1. The monoisotopic (exact) mass is 393 g/mol. The van der Waals surface area contributed by atoms with E-state index in [4.69, 9.17) is 4.74 Å². The number of hydrogen-bond acceptors (Lipinski definition) is 5. The predicted molar refractivity (Wildman–Crippen MR) is 113 cm³/mol. The summed E-state index contributed by atoms with van der Waals surface area (Å²) in [5, 5.41) is 6.96. The number of nitrogens with one attached hydrogen (secondary N) is 2. The van der Waals surface area contributed by atoms with Gasteiger partial charge in [0.05, 0.1) is 4.88 Å². The van der Waals surface area contributed by atoms with Gasteiger partial charge in [0.15, 0.2) is 5.13 Å². The highest BCUT2D eigenvalue weighted by atomic mass is 32.1. The molecular formula is C22H23N3O2S. The molecule has 2 aromatic carbocycles. The van der Waals surface area contributed by atoms with E-state index in [-0.39, 0.29) is 5.91 Å². The second-order valence-electron chi connectivity index (χ2n) is 6.86. The average Bonchev–Trinajstić information content (AvgIpc) is 3.17. The van der Waals surface area contributed by atoms with Gasteiger partial charge in [0.2, 0.25) is 0 Å². The van der Waals surface area contributed by atoms with E-state index in [0.717, 1.165) is 23.4 Å². The van der Waals surface area contributed by atoms with Gasteiger partial charge in [-0.25, -0.2) is 4.98 Å². The van der Waals surface area contributed by atoms with Crippen molar-refractivity contribution in [2.45, 2.75) is 26.0 Å². The third-order valence-electron chi connectivity index (χ3n) is 4.96. The number of anilines is 1. The number of carbonyl (C=O) groups is 1. The van der Waals surface area contributed by atoms with E-state index >= 15 is 0 Å². The van der Waals surface area contributed by atoms with Crippen LogP contribution >= 0.6 is 11.3 Å². The van der Waals surface area contributed by atoms with E-state index in [1.807, 2.05) is 25.1 Å². The number of nitrogens with zero attached hydrogens (tertiary/aromatic N) is 1. The van der Waals surface area contributed by atoms with Gasteiger partial charge in [-0.3, -0.25) is 15.4 Å². The number of amides is 1. The quantitative estimate of drug-likeness (QED) is 0.674. The number of rotatable bonds is 5. The van der Waals surface area contributed by atoms with Crippen LogP contribution in [0.15, 0.2) is 54.7 Å². The lowest BCUT2D eigenvalue weighted by Gasteiger charge is -2.37. The maximum atomic E-state index is 12.3. The first-order chi connectivity index (χ1) is 13.6. The fourth-order valence-electron chi connectivity index (χ4n) is 3.56. The second kappa shape index (κ2) is 7.83. The standard InChI is InChI=1S/C22H23N3O2S/c1-3-27-22(2)18-13-17(10-9-15(18)11-12-24-22)19-14-23-21(28-19)25-20(26)16-7-5-4-6-8-16/h4-10,13-14,24H,3,11-12H2,1-2H3,(H,23,25,26). The molecule has 5 nitrogen and oxygen atoms in total. The van der Waals surface area contributed by atoms with Gasteiger partial charge >= 0.3 is 0 Å². The minimum atomic E-state index is -0.479. The van der Waals surface area contributed by atoms with E-state index < -0.39 is 5.72 Å². The van der Waals surface area contributed by atoms with Crippen LogP contribution in [-0.2, 0) is 16.9 Å². The average molecular weight is 394 g/mol. The molecule has 0 radical (unpaired) electrons. The molecule has 1 aliphatic rings. The minimum Gasteiger partial charge on any atom is -0.357 e. The number of benzene rings is 2. The Morgan fingerprint density at radius 1 is 1.29 bits per heavy atom. The largest absolute Gasteiger partial charge is 0.357 e. The number of aromatic nitrogens is 1. The Kier molecular flexibility index (Phi) is 5.26. The molecule has 2 N–H and O–H groups in total. The zero-order valence-corrected chi connectivity index (χ0v) is 16.8. The van der Waals surface area contributed by atoms with Crippen LogP contribution in [0, 0.1) is 0 Å². The van der Waals surface area contributed by atoms with Crippen LogP contribution in [0.5, 0.6) is 0 Å². The first-order valence-corrected chi connectivity index (χ1v) is 10.3. The van der Waals surface area contributed by atoms with Crippen molar-refractivity contribution >= 4 is 22.4 Å². The van der Waals surface area contributed by atoms with E-state index in [2.05, 4.69) is 40.7 Å². The van der Waals surface area contributed by atoms with Gasteiger partial charge in [-0.2, -0.15) is 0 Å². The summed E-state index contributed by atoms with van der Waals surface area (Å²) in [6.45, 7) is 5.63. The molecule has 6 heteroatoms. The number of fused-ring (bicyclic) bond motifs is 1. The third-order valence-corrected chi connectivity index (χ3v) is 5.92. The molecule has 0 saturated carbocycles. The van der Waals surface area contributed by atoms with Crippen molar-refractivity contribution in [3.63, 3.8) is 0 Å².